The Morgan fingerprint density at radius 2 is 2.08 bits per heavy atom. The molecule has 1 N–H and O–H groups in total. The molecule has 25 heavy (non-hydrogen) atoms. The number of hydrogen-bond acceptors (Lipinski definition) is 5. The van der Waals surface area contributed by atoms with E-state index in [1.807, 2.05) is 6.20 Å². The molecular formula is C17H21N5O3. The maximum atomic E-state index is 13.3. The first-order valence-corrected chi connectivity index (χ1v) is 8.23. The largest absolute Gasteiger partial charge is 0.339 e. The standard InChI is InChI=1S/C17H21N5O3/c1-20(13-14-5-2-3-6-15(14)22(24)25)16(23)17(7-10-18-11-8-17)21-12-4-9-19-21/h2-6,9,12,18H,7-8,10-11,13H2,1H3. The van der Waals surface area contributed by atoms with Crippen LogP contribution in [0.5, 0.6) is 0 Å². The summed E-state index contributed by atoms with van der Waals surface area (Å²) < 4.78 is 1.73. The van der Waals surface area contributed by atoms with Crippen molar-refractivity contribution in [2.24, 2.45) is 0 Å². The van der Waals surface area contributed by atoms with Crippen LogP contribution in [0.3, 0.4) is 0 Å². The van der Waals surface area contributed by atoms with E-state index in [2.05, 4.69) is 10.4 Å². The van der Waals surface area contributed by atoms with Gasteiger partial charge in [-0.25, -0.2) is 0 Å². The van der Waals surface area contributed by atoms with Crippen molar-refractivity contribution in [3.63, 3.8) is 0 Å². The number of carbonyl (C=O) groups is 1. The van der Waals surface area contributed by atoms with Gasteiger partial charge in [-0.1, -0.05) is 18.2 Å². The first-order chi connectivity index (χ1) is 12.0. The summed E-state index contributed by atoms with van der Waals surface area (Å²) in [5, 5.41) is 18.8. The second-order valence-corrected chi connectivity index (χ2v) is 6.28. The second-order valence-electron chi connectivity index (χ2n) is 6.28. The molecular weight excluding hydrogens is 322 g/mol. The fourth-order valence-electron chi connectivity index (χ4n) is 3.41. The third-order valence-electron chi connectivity index (χ3n) is 4.71. The molecule has 1 amide bonds. The van der Waals surface area contributed by atoms with Crippen molar-refractivity contribution in [2.75, 3.05) is 20.1 Å². The molecule has 1 aromatic heterocycles. The lowest BCUT2D eigenvalue weighted by Gasteiger charge is -2.39. The molecule has 1 saturated heterocycles. The Labute approximate surface area is 145 Å². The van der Waals surface area contributed by atoms with E-state index in [0.717, 1.165) is 13.1 Å². The van der Waals surface area contributed by atoms with Gasteiger partial charge in [0.15, 0.2) is 0 Å². The Balaban J connectivity index is 1.87. The zero-order valence-corrected chi connectivity index (χ0v) is 14.1. The highest BCUT2D eigenvalue weighted by atomic mass is 16.6. The van der Waals surface area contributed by atoms with E-state index in [0.29, 0.717) is 18.4 Å². The summed E-state index contributed by atoms with van der Waals surface area (Å²) in [5.74, 6) is -0.0733. The van der Waals surface area contributed by atoms with Crippen LogP contribution in [-0.2, 0) is 16.9 Å². The van der Waals surface area contributed by atoms with E-state index >= 15 is 0 Å². The van der Waals surface area contributed by atoms with Crippen LogP contribution in [0.1, 0.15) is 18.4 Å². The molecule has 1 fully saturated rings. The van der Waals surface area contributed by atoms with Gasteiger partial charge < -0.3 is 10.2 Å². The lowest BCUT2D eigenvalue weighted by molar-refractivity contribution is -0.385. The zero-order chi connectivity index (χ0) is 17.9. The number of benzene rings is 1. The number of hydrogen-bond donors (Lipinski definition) is 1. The molecule has 2 aromatic rings. The highest BCUT2D eigenvalue weighted by Gasteiger charge is 2.43. The van der Waals surface area contributed by atoms with Gasteiger partial charge in [0.2, 0.25) is 0 Å². The van der Waals surface area contributed by atoms with Gasteiger partial charge in [-0.05, 0) is 32.0 Å². The fraction of sp³-hybridized carbons (Fsp3) is 0.412. The van der Waals surface area contributed by atoms with E-state index in [1.54, 1.807) is 47.1 Å². The summed E-state index contributed by atoms with van der Waals surface area (Å²) in [4.78, 5) is 25.6. The number of nitro groups is 1. The molecule has 0 aliphatic carbocycles. The van der Waals surface area contributed by atoms with E-state index in [4.69, 9.17) is 0 Å². The van der Waals surface area contributed by atoms with Crippen LogP contribution in [0.4, 0.5) is 5.69 Å². The second kappa shape index (κ2) is 7.02. The molecule has 8 heteroatoms. The summed E-state index contributed by atoms with van der Waals surface area (Å²) in [6.07, 6.45) is 4.74. The number of likely N-dealkylation sites (N-methyl/N-ethyl adjacent to an activating group) is 1. The summed E-state index contributed by atoms with van der Waals surface area (Å²) in [5.41, 5.74) is -0.193. The van der Waals surface area contributed by atoms with Gasteiger partial charge in [0.05, 0.1) is 11.5 Å². The molecule has 0 atom stereocenters. The van der Waals surface area contributed by atoms with Gasteiger partial charge in [-0.15, -0.1) is 0 Å². The normalized spacial score (nSPS) is 16.4. The van der Waals surface area contributed by atoms with Crippen molar-refractivity contribution < 1.29 is 9.72 Å². The number of nitrogens with zero attached hydrogens (tertiary/aromatic N) is 4. The molecule has 2 heterocycles. The van der Waals surface area contributed by atoms with Crippen LogP contribution in [0.15, 0.2) is 42.7 Å². The van der Waals surface area contributed by atoms with Crippen LogP contribution in [0.25, 0.3) is 0 Å². The smallest absolute Gasteiger partial charge is 0.274 e. The average molecular weight is 343 g/mol. The maximum absolute atomic E-state index is 13.3. The van der Waals surface area contributed by atoms with Crippen LogP contribution >= 0.6 is 0 Å². The quantitative estimate of drug-likeness (QED) is 0.656. The number of carbonyl (C=O) groups excluding carboxylic acids is 1. The van der Waals surface area contributed by atoms with Gasteiger partial charge in [0, 0.05) is 31.1 Å². The lowest BCUT2D eigenvalue weighted by Crippen LogP contribution is -2.54. The van der Waals surface area contributed by atoms with Crippen molar-refractivity contribution in [3.8, 4) is 0 Å². The summed E-state index contributed by atoms with van der Waals surface area (Å²) >= 11 is 0. The number of rotatable bonds is 5. The van der Waals surface area contributed by atoms with Crippen molar-refractivity contribution in [1.82, 2.24) is 20.0 Å². The summed E-state index contributed by atoms with van der Waals surface area (Å²) in [6.45, 7) is 1.64. The molecule has 1 aliphatic heterocycles. The first-order valence-electron chi connectivity index (χ1n) is 8.23. The van der Waals surface area contributed by atoms with Crippen molar-refractivity contribution in [1.29, 1.82) is 0 Å². The molecule has 132 valence electrons. The number of para-hydroxylation sites is 1. The molecule has 0 spiro atoms. The number of nitro benzene ring substituents is 1. The highest BCUT2D eigenvalue weighted by Crippen LogP contribution is 2.30. The number of aromatic nitrogens is 2. The minimum atomic E-state index is -0.743. The van der Waals surface area contributed by atoms with Gasteiger partial charge in [-0.2, -0.15) is 5.10 Å². The summed E-state index contributed by atoms with van der Waals surface area (Å²) in [6, 6.07) is 8.32. The third-order valence-corrected chi connectivity index (χ3v) is 4.71. The zero-order valence-electron chi connectivity index (χ0n) is 14.1. The van der Waals surface area contributed by atoms with E-state index in [-0.39, 0.29) is 18.1 Å². The van der Waals surface area contributed by atoms with Gasteiger partial charge >= 0.3 is 0 Å². The third kappa shape index (κ3) is 3.25. The maximum Gasteiger partial charge on any atom is 0.274 e. The molecule has 1 aliphatic rings. The monoisotopic (exact) mass is 343 g/mol. The van der Waals surface area contributed by atoms with Crippen LogP contribution in [-0.4, -0.2) is 45.6 Å². The Morgan fingerprint density at radius 3 is 2.72 bits per heavy atom. The molecule has 1 aromatic carbocycles. The fourth-order valence-corrected chi connectivity index (χ4v) is 3.41. The molecule has 0 unspecified atom stereocenters. The van der Waals surface area contributed by atoms with E-state index in [1.165, 1.54) is 6.07 Å². The molecule has 0 bridgehead atoms. The van der Waals surface area contributed by atoms with Gasteiger partial charge in [0.25, 0.3) is 11.6 Å². The van der Waals surface area contributed by atoms with Crippen LogP contribution in [0, 0.1) is 10.1 Å². The lowest BCUT2D eigenvalue weighted by atomic mass is 9.86. The summed E-state index contributed by atoms with van der Waals surface area (Å²) in [7, 11) is 1.69. The molecule has 8 nitrogen and oxygen atoms in total. The molecule has 0 radical (unpaired) electrons. The van der Waals surface area contributed by atoms with Crippen molar-refractivity contribution in [3.05, 3.63) is 58.4 Å². The van der Waals surface area contributed by atoms with Crippen molar-refractivity contribution >= 4 is 11.6 Å². The topological polar surface area (TPSA) is 93.3 Å². The SMILES string of the molecule is CN(Cc1ccccc1[N+](=O)[O-])C(=O)C1(n2cccn2)CCNCC1. The van der Waals surface area contributed by atoms with E-state index < -0.39 is 10.5 Å². The highest BCUT2D eigenvalue weighted by molar-refractivity contribution is 5.84. The Hall–Kier alpha value is -2.74. The minimum absolute atomic E-state index is 0.0283. The molecule has 3 rings (SSSR count). The van der Waals surface area contributed by atoms with Crippen LogP contribution < -0.4 is 5.32 Å². The Bertz CT molecular complexity index is 753. The van der Waals surface area contributed by atoms with Gasteiger partial charge in [-0.3, -0.25) is 19.6 Å². The van der Waals surface area contributed by atoms with Crippen molar-refractivity contribution in [2.45, 2.75) is 24.9 Å². The number of piperidine rings is 1. The Morgan fingerprint density at radius 1 is 1.36 bits per heavy atom. The predicted molar refractivity (Wildman–Crippen MR) is 91.9 cm³/mol. The average Bonchev–Trinajstić information content (AvgIpc) is 3.17. The molecule has 0 saturated carbocycles. The predicted octanol–water partition coefficient (Wildman–Crippen LogP) is 1.53. The minimum Gasteiger partial charge on any atom is -0.339 e. The van der Waals surface area contributed by atoms with Crippen LogP contribution in [0.2, 0.25) is 0 Å². The Kier molecular flexibility index (Phi) is 4.80. The number of amides is 1. The van der Waals surface area contributed by atoms with E-state index in [9.17, 15) is 14.9 Å². The van der Waals surface area contributed by atoms with Gasteiger partial charge in [0.1, 0.15) is 5.54 Å². The first kappa shape index (κ1) is 17.1. The number of nitrogens with one attached hydrogen (secondary N) is 1.